The van der Waals surface area contributed by atoms with Crippen LogP contribution in [0.15, 0.2) is 77.9 Å². The molecule has 3 rings (SSSR count). The highest BCUT2D eigenvalue weighted by Crippen LogP contribution is 2.16. The van der Waals surface area contributed by atoms with Gasteiger partial charge in [0, 0.05) is 23.9 Å². The van der Waals surface area contributed by atoms with Crippen molar-refractivity contribution in [2.45, 2.75) is 26.3 Å². The van der Waals surface area contributed by atoms with Crippen LogP contribution in [0.25, 0.3) is 11.3 Å². The van der Waals surface area contributed by atoms with Gasteiger partial charge in [-0.1, -0.05) is 61.9 Å². The third kappa shape index (κ3) is 4.70. The highest BCUT2D eigenvalue weighted by atomic mass is 16.2. The van der Waals surface area contributed by atoms with Crippen LogP contribution in [0.2, 0.25) is 0 Å². The maximum absolute atomic E-state index is 12.9. The highest BCUT2D eigenvalue weighted by Gasteiger charge is 2.16. The Morgan fingerprint density at radius 2 is 1.70 bits per heavy atom. The minimum atomic E-state index is -0.235. The van der Waals surface area contributed by atoms with E-state index in [1.54, 1.807) is 4.90 Å². The Labute approximate surface area is 158 Å². The lowest BCUT2D eigenvalue weighted by Gasteiger charge is -2.23. The molecule has 0 saturated carbocycles. The van der Waals surface area contributed by atoms with Crippen LogP contribution in [0.1, 0.15) is 19.8 Å². The van der Waals surface area contributed by atoms with E-state index in [9.17, 15) is 9.59 Å². The van der Waals surface area contributed by atoms with E-state index in [0.29, 0.717) is 12.2 Å². The van der Waals surface area contributed by atoms with Gasteiger partial charge >= 0.3 is 0 Å². The van der Waals surface area contributed by atoms with Crippen molar-refractivity contribution in [1.29, 1.82) is 0 Å². The van der Waals surface area contributed by atoms with E-state index in [1.165, 1.54) is 17.0 Å². The van der Waals surface area contributed by atoms with Crippen molar-refractivity contribution in [3.8, 4) is 11.3 Å². The smallest absolute Gasteiger partial charge is 0.254 e. The van der Waals surface area contributed by atoms with Gasteiger partial charge in [-0.2, -0.15) is 0 Å². The van der Waals surface area contributed by atoms with Gasteiger partial charge in [0.05, 0.1) is 12.0 Å². The van der Waals surface area contributed by atoms with Gasteiger partial charge in [-0.15, -0.1) is 0 Å². The Bertz CT molecular complexity index is 937. The van der Waals surface area contributed by atoms with Crippen molar-refractivity contribution in [2.24, 2.45) is 0 Å². The summed E-state index contributed by atoms with van der Waals surface area (Å²) in [6, 6.07) is 20.5. The molecule has 0 atom stereocenters. The lowest BCUT2D eigenvalue weighted by Crippen LogP contribution is -2.37. The van der Waals surface area contributed by atoms with E-state index in [-0.39, 0.29) is 18.0 Å². The summed E-state index contributed by atoms with van der Waals surface area (Å²) in [7, 11) is 0. The molecular weight excluding hydrogens is 338 g/mol. The van der Waals surface area contributed by atoms with Crippen LogP contribution < -0.4 is 10.5 Å². The maximum Gasteiger partial charge on any atom is 0.254 e. The van der Waals surface area contributed by atoms with Crippen LogP contribution in [0.3, 0.4) is 0 Å². The zero-order chi connectivity index (χ0) is 19.1. The van der Waals surface area contributed by atoms with Crippen LogP contribution in [0, 0.1) is 0 Å². The third-order valence-corrected chi connectivity index (χ3v) is 4.36. The fraction of sp³-hybridized carbons (Fsp3) is 0.227. The molecule has 2 aromatic carbocycles. The summed E-state index contributed by atoms with van der Waals surface area (Å²) in [5.41, 5.74) is 2.09. The fourth-order valence-electron chi connectivity index (χ4n) is 2.86. The Hall–Kier alpha value is -3.21. The maximum atomic E-state index is 12.9. The van der Waals surface area contributed by atoms with Gasteiger partial charge in [0.15, 0.2) is 0 Å². The van der Waals surface area contributed by atoms with Gasteiger partial charge < -0.3 is 4.90 Å². The monoisotopic (exact) mass is 361 g/mol. The number of carbonyl (C=O) groups is 1. The second kappa shape index (κ2) is 8.94. The Balaban J connectivity index is 1.80. The number of amides is 1. The molecule has 5 heteroatoms. The minimum Gasteiger partial charge on any atom is -0.311 e. The average Bonchev–Trinajstić information content (AvgIpc) is 2.71. The molecule has 0 unspecified atom stereocenters. The van der Waals surface area contributed by atoms with Crippen LogP contribution >= 0.6 is 0 Å². The molecule has 0 aliphatic heterocycles. The van der Waals surface area contributed by atoms with E-state index in [4.69, 9.17) is 0 Å². The number of anilines is 1. The summed E-state index contributed by atoms with van der Waals surface area (Å²) in [6.45, 7) is 2.69. The number of para-hydroxylation sites is 1. The Morgan fingerprint density at radius 3 is 2.33 bits per heavy atom. The van der Waals surface area contributed by atoms with Gasteiger partial charge in [-0.05, 0) is 18.6 Å². The summed E-state index contributed by atoms with van der Waals surface area (Å²) >= 11 is 0. The number of nitrogens with zero attached hydrogens (tertiary/aromatic N) is 3. The molecule has 0 radical (unpaired) electrons. The molecule has 0 N–H and O–H groups in total. The lowest BCUT2D eigenvalue weighted by molar-refractivity contribution is -0.119. The first kappa shape index (κ1) is 18.6. The quantitative estimate of drug-likeness (QED) is 0.644. The molecule has 1 aromatic heterocycles. The van der Waals surface area contributed by atoms with Gasteiger partial charge in [0.2, 0.25) is 5.91 Å². The molecule has 1 heterocycles. The first-order chi connectivity index (χ1) is 13.2. The van der Waals surface area contributed by atoms with Crippen molar-refractivity contribution < 1.29 is 4.79 Å². The van der Waals surface area contributed by atoms with Crippen molar-refractivity contribution in [3.63, 3.8) is 0 Å². The second-order valence-corrected chi connectivity index (χ2v) is 6.34. The molecule has 138 valence electrons. The van der Waals surface area contributed by atoms with Crippen molar-refractivity contribution >= 4 is 11.6 Å². The van der Waals surface area contributed by atoms with Crippen LogP contribution in [0.4, 0.5) is 5.69 Å². The Morgan fingerprint density at radius 1 is 1.04 bits per heavy atom. The summed E-state index contributed by atoms with van der Waals surface area (Å²) in [6.07, 6.45) is 3.34. The predicted octanol–water partition coefficient (Wildman–Crippen LogP) is 3.74. The topological polar surface area (TPSA) is 55.2 Å². The zero-order valence-corrected chi connectivity index (χ0v) is 15.4. The lowest BCUT2D eigenvalue weighted by atomic mass is 10.1. The SMILES string of the molecule is CCCCN(C(=O)Cn1cnc(-c2ccccc2)cc1=O)c1ccccc1. The molecule has 5 nitrogen and oxygen atoms in total. The first-order valence-corrected chi connectivity index (χ1v) is 9.16. The summed E-state index contributed by atoms with van der Waals surface area (Å²) in [4.78, 5) is 31.4. The van der Waals surface area contributed by atoms with Gasteiger partial charge in [0.25, 0.3) is 5.56 Å². The number of carbonyl (C=O) groups excluding carboxylic acids is 1. The van der Waals surface area contributed by atoms with Crippen LogP contribution in [0.5, 0.6) is 0 Å². The van der Waals surface area contributed by atoms with E-state index < -0.39 is 0 Å². The van der Waals surface area contributed by atoms with Crippen molar-refractivity contribution in [2.75, 3.05) is 11.4 Å². The normalized spacial score (nSPS) is 10.6. The van der Waals surface area contributed by atoms with Gasteiger partial charge in [-0.25, -0.2) is 4.98 Å². The highest BCUT2D eigenvalue weighted by molar-refractivity contribution is 5.93. The molecule has 0 aliphatic carbocycles. The molecule has 0 aliphatic rings. The average molecular weight is 361 g/mol. The molecular formula is C22H23N3O2. The third-order valence-electron chi connectivity index (χ3n) is 4.36. The van der Waals surface area contributed by atoms with Gasteiger partial charge in [0.1, 0.15) is 6.54 Å². The zero-order valence-electron chi connectivity index (χ0n) is 15.4. The molecule has 27 heavy (non-hydrogen) atoms. The first-order valence-electron chi connectivity index (χ1n) is 9.16. The fourth-order valence-corrected chi connectivity index (χ4v) is 2.86. The van der Waals surface area contributed by atoms with Crippen LogP contribution in [-0.2, 0) is 11.3 Å². The molecule has 1 amide bonds. The van der Waals surface area contributed by atoms with Crippen LogP contribution in [-0.4, -0.2) is 22.0 Å². The standard InChI is InChI=1S/C22H23N3O2/c1-2-3-14-25(19-12-8-5-9-13-19)22(27)16-24-17-23-20(15-21(24)26)18-10-6-4-7-11-18/h4-13,15,17H,2-3,14,16H2,1H3. The molecule has 0 spiro atoms. The summed E-state index contributed by atoms with van der Waals surface area (Å²) in [5, 5.41) is 0. The van der Waals surface area contributed by atoms with E-state index in [1.807, 2.05) is 60.7 Å². The van der Waals surface area contributed by atoms with Gasteiger partial charge in [-0.3, -0.25) is 14.2 Å². The van der Waals surface area contributed by atoms with Crippen molar-refractivity contribution in [1.82, 2.24) is 9.55 Å². The summed E-state index contributed by atoms with van der Waals surface area (Å²) < 4.78 is 1.36. The number of benzene rings is 2. The molecule has 0 saturated heterocycles. The minimum absolute atomic E-state index is 0.0283. The number of hydrogen-bond donors (Lipinski definition) is 0. The number of aromatic nitrogens is 2. The molecule has 0 bridgehead atoms. The molecule has 3 aromatic rings. The van der Waals surface area contributed by atoms with E-state index in [2.05, 4.69) is 11.9 Å². The predicted molar refractivity (Wildman–Crippen MR) is 108 cm³/mol. The largest absolute Gasteiger partial charge is 0.311 e. The number of hydrogen-bond acceptors (Lipinski definition) is 3. The summed E-state index contributed by atoms with van der Waals surface area (Å²) in [5.74, 6) is -0.119. The van der Waals surface area contributed by atoms with E-state index >= 15 is 0 Å². The molecule has 0 fully saturated rings. The second-order valence-electron chi connectivity index (χ2n) is 6.34. The number of unbranched alkanes of at least 4 members (excludes halogenated alkanes) is 1. The number of rotatable bonds is 7. The van der Waals surface area contributed by atoms with E-state index in [0.717, 1.165) is 24.1 Å². The van der Waals surface area contributed by atoms with Crippen molar-refractivity contribution in [3.05, 3.63) is 83.4 Å². The Kier molecular flexibility index (Phi) is 6.15.